The van der Waals surface area contributed by atoms with Crippen LogP contribution in [-0.4, -0.2) is 12.1 Å². The topological polar surface area (TPSA) is 38.0 Å². The smallest absolute Gasteiger partial charge is 0.0521 e. The van der Waals surface area contributed by atoms with Crippen LogP contribution in [0.25, 0.3) is 0 Å². The summed E-state index contributed by atoms with van der Waals surface area (Å²) in [4.78, 5) is 0. The van der Waals surface area contributed by atoms with Gasteiger partial charge in [-0.2, -0.15) is 0 Å². The molecule has 2 rings (SSSR count). The summed E-state index contributed by atoms with van der Waals surface area (Å²) in [5.74, 6) is 1.43. The van der Waals surface area contributed by atoms with Crippen molar-refractivity contribution in [3.63, 3.8) is 0 Å². The lowest BCUT2D eigenvalue weighted by Gasteiger charge is -2.45. The zero-order valence-corrected chi connectivity index (χ0v) is 12.8. The van der Waals surface area contributed by atoms with E-state index < -0.39 is 0 Å². The third-order valence-electron chi connectivity index (χ3n) is 4.40. The van der Waals surface area contributed by atoms with Crippen molar-refractivity contribution in [2.24, 2.45) is 17.6 Å². The highest BCUT2D eigenvalue weighted by Crippen LogP contribution is 2.39. The maximum Gasteiger partial charge on any atom is 0.0521 e. The molecule has 1 aromatic carbocycles. The number of anilines is 1. The lowest BCUT2D eigenvalue weighted by Crippen LogP contribution is -2.53. The molecule has 100 valence electrons. The minimum absolute atomic E-state index is 0.0520. The van der Waals surface area contributed by atoms with Crippen LogP contribution < -0.4 is 11.1 Å². The fourth-order valence-corrected chi connectivity index (χ4v) is 3.45. The molecule has 0 heterocycles. The number of halogens is 1. The van der Waals surface area contributed by atoms with Crippen LogP contribution in [0.15, 0.2) is 28.7 Å². The minimum Gasteiger partial charge on any atom is -0.377 e. The number of hydrogen-bond acceptors (Lipinski definition) is 2. The van der Waals surface area contributed by atoms with Gasteiger partial charge in [0.05, 0.1) is 5.54 Å². The molecule has 3 unspecified atom stereocenters. The molecule has 3 heteroatoms. The first kappa shape index (κ1) is 13.9. The highest BCUT2D eigenvalue weighted by atomic mass is 79.9. The highest BCUT2D eigenvalue weighted by molar-refractivity contribution is 9.10. The standard InChI is InChI=1S/C15H23BrN2/c1-11-7-8-15(10-17,12(2)9-11)18-14-6-4-3-5-13(14)16/h3-6,11-12,18H,7-10,17H2,1-2H3. The molecular weight excluding hydrogens is 288 g/mol. The van der Waals surface area contributed by atoms with Gasteiger partial charge in [0, 0.05) is 16.7 Å². The molecule has 1 aliphatic rings. The molecule has 1 fully saturated rings. The van der Waals surface area contributed by atoms with E-state index in [1.165, 1.54) is 12.8 Å². The maximum absolute atomic E-state index is 6.09. The van der Waals surface area contributed by atoms with Crippen LogP contribution in [0.4, 0.5) is 5.69 Å². The van der Waals surface area contributed by atoms with E-state index in [1.807, 2.05) is 6.07 Å². The quantitative estimate of drug-likeness (QED) is 0.885. The van der Waals surface area contributed by atoms with Crippen LogP contribution in [-0.2, 0) is 0 Å². The molecule has 0 aliphatic heterocycles. The van der Waals surface area contributed by atoms with Crippen molar-refractivity contribution in [2.45, 2.75) is 38.6 Å². The second kappa shape index (κ2) is 5.62. The molecule has 0 bridgehead atoms. The van der Waals surface area contributed by atoms with Gasteiger partial charge in [-0.15, -0.1) is 0 Å². The number of nitrogens with one attached hydrogen (secondary N) is 1. The van der Waals surface area contributed by atoms with Crippen LogP contribution in [0.1, 0.15) is 33.1 Å². The molecule has 1 aliphatic carbocycles. The fourth-order valence-electron chi connectivity index (χ4n) is 3.07. The Balaban J connectivity index is 2.21. The fraction of sp³-hybridized carbons (Fsp3) is 0.600. The third-order valence-corrected chi connectivity index (χ3v) is 5.10. The van der Waals surface area contributed by atoms with Crippen molar-refractivity contribution in [3.8, 4) is 0 Å². The molecule has 2 nitrogen and oxygen atoms in total. The van der Waals surface area contributed by atoms with Crippen LogP contribution >= 0.6 is 15.9 Å². The zero-order valence-electron chi connectivity index (χ0n) is 11.2. The average molecular weight is 311 g/mol. The lowest BCUT2D eigenvalue weighted by molar-refractivity contribution is 0.189. The Morgan fingerprint density at radius 1 is 1.39 bits per heavy atom. The second-order valence-corrected chi connectivity index (χ2v) is 6.60. The molecule has 1 aromatic rings. The molecule has 1 saturated carbocycles. The lowest BCUT2D eigenvalue weighted by atomic mass is 9.70. The van der Waals surface area contributed by atoms with Gasteiger partial charge in [-0.1, -0.05) is 26.0 Å². The van der Waals surface area contributed by atoms with Crippen LogP contribution in [0, 0.1) is 11.8 Å². The van der Waals surface area contributed by atoms with Crippen LogP contribution in [0.2, 0.25) is 0 Å². The molecule has 3 atom stereocenters. The summed E-state index contributed by atoms with van der Waals surface area (Å²) < 4.78 is 1.11. The van der Waals surface area contributed by atoms with Crippen molar-refractivity contribution < 1.29 is 0 Å². The summed E-state index contributed by atoms with van der Waals surface area (Å²) in [6, 6.07) is 8.29. The number of benzene rings is 1. The number of nitrogens with two attached hydrogens (primary N) is 1. The van der Waals surface area contributed by atoms with E-state index in [4.69, 9.17) is 5.73 Å². The zero-order chi connectivity index (χ0) is 13.2. The summed E-state index contributed by atoms with van der Waals surface area (Å²) in [5, 5.41) is 3.71. The first-order valence-corrected chi connectivity index (χ1v) is 7.59. The summed E-state index contributed by atoms with van der Waals surface area (Å²) in [6.07, 6.45) is 3.68. The van der Waals surface area contributed by atoms with Crippen molar-refractivity contribution in [2.75, 3.05) is 11.9 Å². The molecule has 0 radical (unpaired) electrons. The van der Waals surface area contributed by atoms with Gasteiger partial charge in [-0.3, -0.25) is 0 Å². The Morgan fingerprint density at radius 3 is 2.72 bits per heavy atom. The van der Waals surface area contributed by atoms with Gasteiger partial charge in [-0.05, 0) is 59.2 Å². The Bertz CT molecular complexity index is 407. The first-order chi connectivity index (χ1) is 8.57. The van der Waals surface area contributed by atoms with E-state index in [0.717, 1.165) is 22.5 Å². The molecule has 0 spiro atoms. The van der Waals surface area contributed by atoms with Crippen LogP contribution in [0.5, 0.6) is 0 Å². The SMILES string of the molecule is CC1CCC(CN)(Nc2ccccc2Br)C(C)C1. The van der Waals surface area contributed by atoms with Crippen molar-refractivity contribution in [3.05, 3.63) is 28.7 Å². The summed E-state index contributed by atoms with van der Waals surface area (Å²) in [7, 11) is 0. The van der Waals surface area contributed by atoms with Gasteiger partial charge in [0.15, 0.2) is 0 Å². The number of rotatable bonds is 3. The normalized spacial score (nSPS) is 32.2. The van der Waals surface area contributed by atoms with Gasteiger partial charge in [-0.25, -0.2) is 0 Å². The van der Waals surface area contributed by atoms with Crippen molar-refractivity contribution >= 4 is 21.6 Å². The van der Waals surface area contributed by atoms with E-state index >= 15 is 0 Å². The molecule has 18 heavy (non-hydrogen) atoms. The molecule has 3 N–H and O–H groups in total. The van der Waals surface area contributed by atoms with Crippen LogP contribution in [0.3, 0.4) is 0 Å². The first-order valence-electron chi connectivity index (χ1n) is 6.80. The van der Waals surface area contributed by atoms with Crippen molar-refractivity contribution in [1.82, 2.24) is 0 Å². The van der Waals surface area contributed by atoms with E-state index in [9.17, 15) is 0 Å². The molecule has 0 saturated heterocycles. The number of para-hydroxylation sites is 1. The van der Waals surface area contributed by atoms with E-state index in [1.54, 1.807) is 0 Å². The maximum atomic E-state index is 6.09. The Labute approximate surface area is 118 Å². The van der Waals surface area contributed by atoms with Crippen molar-refractivity contribution in [1.29, 1.82) is 0 Å². The highest BCUT2D eigenvalue weighted by Gasteiger charge is 2.39. The summed E-state index contributed by atoms with van der Waals surface area (Å²) in [6.45, 7) is 5.37. The minimum atomic E-state index is 0.0520. The van der Waals surface area contributed by atoms with Gasteiger partial charge < -0.3 is 11.1 Å². The summed E-state index contributed by atoms with van der Waals surface area (Å²) >= 11 is 3.60. The molecule has 0 aromatic heterocycles. The predicted molar refractivity (Wildman–Crippen MR) is 81.7 cm³/mol. The third kappa shape index (κ3) is 2.72. The largest absolute Gasteiger partial charge is 0.377 e. The van der Waals surface area contributed by atoms with E-state index in [2.05, 4.69) is 53.3 Å². The summed E-state index contributed by atoms with van der Waals surface area (Å²) in [5.41, 5.74) is 7.30. The van der Waals surface area contributed by atoms with Gasteiger partial charge >= 0.3 is 0 Å². The average Bonchev–Trinajstić information content (AvgIpc) is 2.36. The predicted octanol–water partition coefficient (Wildman–Crippen LogP) is 4.01. The van der Waals surface area contributed by atoms with E-state index in [-0.39, 0.29) is 5.54 Å². The van der Waals surface area contributed by atoms with Gasteiger partial charge in [0.1, 0.15) is 0 Å². The Morgan fingerprint density at radius 2 is 2.11 bits per heavy atom. The van der Waals surface area contributed by atoms with Gasteiger partial charge in [0.25, 0.3) is 0 Å². The number of hydrogen-bond donors (Lipinski definition) is 2. The Kier molecular flexibility index (Phi) is 4.33. The Hall–Kier alpha value is -0.540. The van der Waals surface area contributed by atoms with Gasteiger partial charge in [0.2, 0.25) is 0 Å². The molecular formula is C15H23BrN2. The second-order valence-electron chi connectivity index (χ2n) is 5.75. The van der Waals surface area contributed by atoms with E-state index in [0.29, 0.717) is 12.5 Å². The monoisotopic (exact) mass is 310 g/mol. The molecule has 0 amide bonds.